The zero-order valence-corrected chi connectivity index (χ0v) is 10.9. The second-order valence-electron chi connectivity index (χ2n) is 4.85. The van der Waals surface area contributed by atoms with E-state index in [1.54, 1.807) is 0 Å². The fourth-order valence-corrected chi connectivity index (χ4v) is 2.33. The van der Waals surface area contributed by atoms with Crippen molar-refractivity contribution >= 4 is 0 Å². The molecular weight excluding hydrogens is 228 g/mol. The number of hydrogen-bond acceptors (Lipinski definition) is 4. The summed E-state index contributed by atoms with van der Waals surface area (Å²) in [5, 5.41) is 0. The molecule has 3 N–H and O–H groups in total. The van der Waals surface area contributed by atoms with Crippen LogP contribution in [0.4, 0.5) is 0 Å². The summed E-state index contributed by atoms with van der Waals surface area (Å²) >= 11 is 0. The SMILES string of the molecule is Cc1cccc(OCCC(NN)C2CCOC2)c1. The van der Waals surface area contributed by atoms with Crippen molar-refractivity contribution in [3.8, 4) is 5.75 Å². The van der Waals surface area contributed by atoms with Crippen LogP contribution in [0, 0.1) is 12.8 Å². The number of ether oxygens (including phenoxy) is 2. The molecule has 1 aliphatic heterocycles. The highest BCUT2D eigenvalue weighted by atomic mass is 16.5. The van der Waals surface area contributed by atoms with Crippen LogP contribution in [-0.2, 0) is 4.74 Å². The molecule has 2 atom stereocenters. The molecule has 2 rings (SSSR count). The first-order valence-corrected chi connectivity index (χ1v) is 6.53. The van der Waals surface area contributed by atoms with Gasteiger partial charge in [0.2, 0.25) is 0 Å². The van der Waals surface area contributed by atoms with Crippen LogP contribution < -0.4 is 16.0 Å². The van der Waals surface area contributed by atoms with E-state index in [-0.39, 0.29) is 6.04 Å². The Kier molecular flexibility index (Phi) is 4.99. The van der Waals surface area contributed by atoms with Crippen molar-refractivity contribution in [2.75, 3.05) is 19.8 Å². The number of nitrogens with two attached hydrogens (primary N) is 1. The van der Waals surface area contributed by atoms with Gasteiger partial charge in [0.05, 0.1) is 13.2 Å². The van der Waals surface area contributed by atoms with E-state index >= 15 is 0 Å². The average molecular weight is 250 g/mol. The summed E-state index contributed by atoms with van der Waals surface area (Å²) in [6, 6.07) is 8.37. The molecule has 0 amide bonds. The van der Waals surface area contributed by atoms with Crippen molar-refractivity contribution in [3.05, 3.63) is 29.8 Å². The second kappa shape index (κ2) is 6.73. The third-order valence-electron chi connectivity index (χ3n) is 3.44. The summed E-state index contributed by atoms with van der Waals surface area (Å²) in [4.78, 5) is 0. The lowest BCUT2D eigenvalue weighted by Crippen LogP contribution is -2.42. The normalized spacial score (nSPS) is 20.9. The largest absolute Gasteiger partial charge is 0.494 e. The highest BCUT2D eigenvalue weighted by molar-refractivity contribution is 5.27. The number of hydrazine groups is 1. The van der Waals surface area contributed by atoms with Gasteiger partial charge >= 0.3 is 0 Å². The van der Waals surface area contributed by atoms with Crippen LogP contribution in [0.3, 0.4) is 0 Å². The van der Waals surface area contributed by atoms with E-state index in [9.17, 15) is 0 Å². The third-order valence-corrected chi connectivity index (χ3v) is 3.44. The first-order valence-electron chi connectivity index (χ1n) is 6.53. The highest BCUT2D eigenvalue weighted by Crippen LogP contribution is 2.19. The molecule has 1 heterocycles. The lowest BCUT2D eigenvalue weighted by molar-refractivity contribution is 0.170. The number of aryl methyl sites for hydroxylation is 1. The molecule has 0 aromatic heterocycles. The average Bonchev–Trinajstić information content (AvgIpc) is 2.88. The Labute approximate surface area is 108 Å². The molecule has 1 fully saturated rings. The van der Waals surface area contributed by atoms with Crippen LogP contribution >= 0.6 is 0 Å². The number of rotatable bonds is 6. The highest BCUT2D eigenvalue weighted by Gasteiger charge is 2.24. The van der Waals surface area contributed by atoms with Crippen molar-refractivity contribution in [2.45, 2.75) is 25.8 Å². The molecule has 1 saturated heterocycles. The Morgan fingerprint density at radius 3 is 3.11 bits per heavy atom. The third kappa shape index (κ3) is 3.70. The second-order valence-corrected chi connectivity index (χ2v) is 4.85. The van der Waals surface area contributed by atoms with Gasteiger partial charge in [-0.1, -0.05) is 12.1 Å². The summed E-state index contributed by atoms with van der Waals surface area (Å²) in [5.41, 5.74) is 4.09. The predicted octanol–water partition coefficient (Wildman–Crippen LogP) is 1.63. The molecule has 0 spiro atoms. The van der Waals surface area contributed by atoms with E-state index < -0.39 is 0 Å². The molecule has 1 aromatic rings. The molecule has 1 aliphatic rings. The van der Waals surface area contributed by atoms with E-state index in [2.05, 4.69) is 18.4 Å². The Hall–Kier alpha value is -1.10. The van der Waals surface area contributed by atoms with Crippen LogP contribution in [0.5, 0.6) is 5.75 Å². The molecular formula is C14H22N2O2. The Bertz CT molecular complexity index is 365. The molecule has 0 saturated carbocycles. The predicted molar refractivity (Wildman–Crippen MR) is 71.3 cm³/mol. The maximum absolute atomic E-state index is 5.74. The van der Waals surface area contributed by atoms with Crippen molar-refractivity contribution in [1.82, 2.24) is 5.43 Å². The van der Waals surface area contributed by atoms with Gasteiger partial charge < -0.3 is 9.47 Å². The van der Waals surface area contributed by atoms with Crippen molar-refractivity contribution < 1.29 is 9.47 Å². The fraction of sp³-hybridized carbons (Fsp3) is 0.571. The van der Waals surface area contributed by atoms with Crippen LogP contribution in [0.1, 0.15) is 18.4 Å². The first kappa shape index (κ1) is 13.3. The molecule has 0 aliphatic carbocycles. The van der Waals surface area contributed by atoms with Gasteiger partial charge in [-0.3, -0.25) is 11.3 Å². The summed E-state index contributed by atoms with van der Waals surface area (Å²) < 4.78 is 11.1. The maximum atomic E-state index is 5.74. The minimum Gasteiger partial charge on any atom is -0.494 e. The van der Waals surface area contributed by atoms with Gasteiger partial charge in [-0.05, 0) is 37.5 Å². The molecule has 2 unspecified atom stereocenters. The molecule has 4 heteroatoms. The zero-order valence-electron chi connectivity index (χ0n) is 10.9. The minimum absolute atomic E-state index is 0.275. The van der Waals surface area contributed by atoms with Crippen LogP contribution in [0.15, 0.2) is 24.3 Å². The monoisotopic (exact) mass is 250 g/mol. The van der Waals surface area contributed by atoms with Gasteiger partial charge in [-0.15, -0.1) is 0 Å². The van der Waals surface area contributed by atoms with Gasteiger partial charge in [0.25, 0.3) is 0 Å². The van der Waals surface area contributed by atoms with Gasteiger partial charge in [0, 0.05) is 18.6 Å². The van der Waals surface area contributed by atoms with Gasteiger partial charge in [-0.25, -0.2) is 0 Å². The minimum atomic E-state index is 0.275. The molecule has 0 radical (unpaired) electrons. The van der Waals surface area contributed by atoms with E-state index in [4.69, 9.17) is 15.3 Å². The Morgan fingerprint density at radius 1 is 1.56 bits per heavy atom. The lowest BCUT2D eigenvalue weighted by Gasteiger charge is -2.21. The quantitative estimate of drug-likeness (QED) is 0.595. The van der Waals surface area contributed by atoms with E-state index in [1.807, 2.05) is 18.2 Å². The molecule has 100 valence electrons. The van der Waals surface area contributed by atoms with Crippen LogP contribution in [0.25, 0.3) is 0 Å². The lowest BCUT2D eigenvalue weighted by atomic mass is 9.97. The summed E-state index contributed by atoms with van der Waals surface area (Å²) in [6.07, 6.45) is 1.98. The molecule has 0 bridgehead atoms. The molecule has 1 aromatic carbocycles. The van der Waals surface area contributed by atoms with Crippen molar-refractivity contribution in [3.63, 3.8) is 0 Å². The fourth-order valence-electron chi connectivity index (χ4n) is 2.33. The number of nitrogens with one attached hydrogen (secondary N) is 1. The standard InChI is InChI=1S/C14H22N2O2/c1-11-3-2-4-13(9-11)18-8-6-14(16-15)12-5-7-17-10-12/h2-4,9,12,14,16H,5-8,10,15H2,1H3. The molecule has 18 heavy (non-hydrogen) atoms. The number of benzene rings is 1. The van der Waals surface area contributed by atoms with Crippen molar-refractivity contribution in [2.24, 2.45) is 11.8 Å². The van der Waals surface area contributed by atoms with E-state index in [1.165, 1.54) is 5.56 Å². The summed E-state index contributed by atoms with van der Waals surface area (Å²) in [6.45, 7) is 4.39. The van der Waals surface area contributed by atoms with Crippen LogP contribution in [0.2, 0.25) is 0 Å². The number of hydrogen-bond donors (Lipinski definition) is 2. The molecule has 4 nitrogen and oxygen atoms in total. The maximum Gasteiger partial charge on any atom is 0.119 e. The Balaban J connectivity index is 1.76. The Morgan fingerprint density at radius 2 is 2.44 bits per heavy atom. The van der Waals surface area contributed by atoms with Gasteiger partial charge in [-0.2, -0.15) is 0 Å². The smallest absolute Gasteiger partial charge is 0.119 e. The zero-order chi connectivity index (χ0) is 12.8. The topological polar surface area (TPSA) is 56.5 Å². The van der Waals surface area contributed by atoms with Gasteiger partial charge in [0.15, 0.2) is 0 Å². The summed E-state index contributed by atoms with van der Waals surface area (Å²) in [7, 11) is 0. The van der Waals surface area contributed by atoms with E-state index in [0.29, 0.717) is 12.5 Å². The van der Waals surface area contributed by atoms with E-state index in [0.717, 1.165) is 31.8 Å². The van der Waals surface area contributed by atoms with Gasteiger partial charge in [0.1, 0.15) is 5.75 Å². The van der Waals surface area contributed by atoms with Crippen LogP contribution in [-0.4, -0.2) is 25.9 Å². The first-order chi connectivity index (χ1) is 8.79. The summed E-state index contributed by atoms with van der Waals surface area (Å²) in [5.74, 6) is 7.03. The van der Waals surface area contributed by atoms with Crippen molar-refractivity contribution in [1.29, 1.82) is 0 Å².